The molecule has 0 aliphatic rings. The van der Waals surface area contributed by atoms with E-state index in [1.54, 1.807) is 6.20 Å². The van der Waals surface area contributed by atoms with Crippen molar-refractivity contribution in [1.82, 2.24) is 10.3 Å². The van der Waals surface area contributed by atoms with Gasteiger partial charge in [0.05, 0.1) is 0 Å². The lowest BCUT2D eigenvalue weighted by Gasteiger charge is -2.07. The van der Waals surface area contributed by atoms with Crippen molar-refractivity contribution in [3.8, 4) is 0 Å². The summed E-state index contributed by atoms with van der Waals surface area (Å²) in [5.74, 6) is 0.917. The molecule has 0 spiro atoms. The average molecular weight is 207 g/mol. The van der Waals surface area contributed by atoms with Crippen molar-refractivity contribution in [2.45, 2.75) is 20.3 Å². The maximum atomic E-state index is 11.1. The number of hydrogen-bond donors (Lipinski definition) is 2. The fourth-order valence-corrected chi connectivity index (χ4v) is 1.25. The molecular weight excluding hydrogens is 190 g/mol. The molecule has 0 fully saturated rings. The summed E-state index contributed by atoms with van der Waals surface area (Å²) < 4.78 is 0. The molecule has 0 aliphatic carbocycles. The minimum absolute atomic E-state index is 0.0681. The Kier molecular flexibility index (Phi) is 4.60. The second-order valence-corrected chi connectivity index (χ2v) is 3.30. The predicted molar refractivity (Wildman–Crippen MR) is 60.8 cm³/mol. The standard InChI is InChI=1S/C11H17N3O/c1-3-12-10(15)6-8-14-11-9(2)5-4-7-13-11/h4-5,7H,3,6,8H2,1-2H3,(H,12,15)(H,13,14). The van der Waals surface area contributed by atoms with E-state index in [4.69, 9.17) is 0 Å². The first-order chi connectivity index (χ1) is 7.24. The van der Waals surface area contributed by atoms with Crippen molar-refractivity contribution in [3.05, 3.63) is 23.9 Å². The first-order valence-electron chi connectivity index (χ1n) is 5.16. The van der Waals surface area contributed by atoms with Crippen molar-refractivity contribution >= 4 is 11.7 Å². The van der Waals surface area contributed by atoms with Crippen LogP contribution in [-0.4, -0.2) is 24.0 Å². The summed E-state index contributed by atoms with van der Waals surface area (Å²) in [7, 11) is 0. The Bertz CT molecular complexity index is 325. The Hall–Kier alpha value is -1.58. The highest BCUT2D eigenvalue weighted by molar-refractivity contribution is 5.76. The number of aryl methyl sites for hydroxylation is 1. The number of pyridine rings is 1. The van der Waals surface area contributed by atoms with Gasteiger partial charge in [-0.1, -0.05) is 6.07 Å². The molecule has 0 bridgehead atoms. The largest absolute Gasteiger partial charge is 0.369 e. The van der Waals surface area contributed by atoms with Crippen molar-refractivity contribution in [2.24, 2.45) is 0 Å². The number of amides is 1. The zero-order chi connectivity index (χ0) is 11.1. The molecule has 0 aliphatic heterocycles. The van der Waals surface area contributed by atoms with Crippen LogP contribution in [0.2, 0.25) is 0 Å². The van der Waals surface area contributed by atoms with Crippen LogP contribution in [0.1, 0.15) is 18.9 Å². The van der Waals surface area contributed by atoms with E-state index in [0.717, 1.165) is 11.4 Å². The molecule has 0 saturated carbocycles. The van der Waals surface area contributed by atoms with Gasteiger partial charge in [0.25, 0.3) is 0 Å². The summed E-state index contributed by atoms with van der Waals surface area (Å²) >= 11 is 0. The van der Waals surface area contributed by atoms with Gasteiger partial charge in [0.1, 0.15) is 5.82 Å². The number of aromatic nitrogens is 1. The van der Waals surface area contributed by atoms with E-state index >= 15 is 0 Å². The van der Waals surface area contributed by atoms with E-state index in [0.29, 0.717) is 19.5 Å². The van der Waals surface area contributed by atoms with Crippen LogP contribution in [0.3, 0.4) is 0 Å². The second kappa shape index (κ2) is 6.01. The molecule has 1 aromatic rings. The van der Waals surface area contributed by atoms with Crippen molar-refractivity contribution in [2.75, 3.05) is 18.4 Å². The van der Waals surface area contributed by atoms with Gasteiger partial charge in [-0.25, -0.2) is 4.98 Å². The summed E-state index contributed by atoms with van der Waals surface area (Å²) in [6.07, 6.45) is 2.21. The highest BCUT2D eigenvalue weighted by atomic mass is 16.1. The number of anilines is 1. The molecule has 4 nitrogen and oxygen atoms in total. The van der Waals surface area contributed by atoms with Gasteiger partial charge >= 0.3 is 0 Å². The third-order valence-corrected chi connectivity index (χ3v) is 2.03. The summed E-state index contributed by atoms with van der Waals surface area (Å²) in [6.45, 7) is 5.20. The number of rotatable bonds is 5. The summed E-state index contributed by atoms with van der Waals surface area (Å²) in [5, 5.41) is 5.88. The highest BCUT2D eigenvalue weighted by Crippen LogP contribution is 2.08. The van der Waals surface area contributed by atoms with Gasteiger partial charge in [-0.2, -0.15) is 0 Å². The molecule has 4 heteroatoms. The second-order valence-electron chi connectivity index (χ2n) is 3.30. The van der Waals surface area contributed by atoms with Gasteiger partial charge in [0, 0.05) is 25.7 Å². The zero-order valence-corrected chi connectivity index (χ0v) is 9.21. The van der Waals surface area contributed by atoms with Crippen LogP contribution in [0.5, 0.6) is 0 Å². The number of nitrogens with one attached hydrogen (secondary N) is 2. The van der Waals surface area contributed by atoms with E-state index in [2.05, 4.69) is 15.6 Å². The molecular formula is C11H17N3O. The van der Waals surface area contributed by atoms with E-state index < -0.39 is 0 Å². The quantitative estimate of drug-likeness (QED) is 0.765. The predicted octanol–water partition coefficient (Wildman–Crippen LogP) is 1.33. The molecule has 0 atom stereocenters. The zero-order valence-electron chi connectivity index (χ0n) is 9.21. The van der Waals surface area contributed by atoms with Gasteiger partial charge in [-0.3, -0.25) is 4.79 Å². The lowest BCUT2D eigenvalue weighted by molar-refractivity contribution is -0.120. The Morgan fingerprint density at radius 1 is 1.53 bits per heavy atom. The molecule has 1 amide bonds. The van der Waals surface area contributed by atoms with E-state index in [-0.39, 0.29) is 5.91 Å². The normalized spacial score (nSPS) is 9.73. The average Bonchev–Trinajstić information content (AvgIpc) is 2.21. The highest BCUT2D eigenvalue weighted by Gasteiger charge is 2.00. The van der Waals surface area contributed by atoms with Gasteiger partial charge < -0.3 is 10.6 Å². The van der Waals surface area contributed by atoms with Crippen molar-refractivity contribution in [3.63, 3.8) is 0 Å². The maximum absolute atomic E-state index is 11.1. The molecule has 15 heavy (non-hydrogen) atoms. The molecule has 0 saturated heterocycles. The molecule has 0 unspecified atom stereocenters. The Balaban J connectivity index is 2.32. The van der Waals surface area contributed by atoms with Gasteiger partial charge in [-0.05, 0) is 25.5 Å². The Morgan fingerprint density at radius 3 is 3.00 bits per heavy atom. The topological polar surface area (TPSA) is 54.0 Å². The molecule has 1 aromatic heterocycles. The third-order valence-electron chi connectivity index (χ3n) is 2.03. The van der Waals surface area contributed by atoms with Crippen LogP contribution >= 0.6 is 0 Å². The number of carbonyl (C=O) groups excluding carboxylic acids is 1. The Morgan fingerprint density at radius 2 is 2.33 bits per heavy atom. The Labute approximate surface area is 90.1 Å². The lowest BCUT2D eigenvalue weighted by Crippen LogP contribution is -2.24. The van der Waals surface area contributed by atoms with E-state index in [1.807, 2.05) is 26.0 Å². The summed E-state index contributed by atoms with van der Waals surface area (Å²) in [5.41, 5.74) is 1.09. The molecule has 0 aromatic carbocycles. The minimum atomic E-state index is 0.0681. The SMILES string of the molecule is CCNC(=O)CCNc1ncccc1C. The van der Waals surface area contributed by atoms with Crippen molar-refractivity contribution in [1.29, 1.82) is 0 Å². The van der Waals surface area contributed by atoms with Crippen LogP contribution in [0.25, 0.3) is 0 Å². The number of carbonyl (C=O) groups is 1. The first-order valence-corrected chi connectivity index (χ1v) is 5.16. The van der Waals surface area contributed by atoms with Gasteiger partial charge in [0.15, 0.2) is 0 Å². The van der Waals surface area contributed by atoms with Crippen LogP contribution < -0.4 is 10.6 Å². The van der Waals surface area contributed by atoms with E-state index in [1.165, 1.54) is 0 Å². The van der Waals surface area contributed by atoms with Gasteiger partial charge in [-0.15, -0.1) is 0 Å². The molecule has 0 radical (unpaired) electrons. The minimum Gasteiger partial charge on any atom is -0.369 e. The molecule has 1 heterocycles. The third kappa shape index (κ3) is 3.97. The monoisotopic (exact) mass is 207 g/mol. The number of nitrogens with zero attached hydrogens (tertiary/aromatic N) is 1. The van der Waals surface area contributed by atoms with Crippen LogP contribution in [0.15, 0.2) is 18.3 Å². The smallest absolute Gasteiger partial charge is 0.221 e. The van der Waals surface area contributed by atoms with Crippen LogP contribution in [0.4, 0.5) is 5.82 Å². The molecule has 1 rings (SSSR count). The number of hydrogen-bond acceptors (Lipinski definition) is 3. The van der Waals surface area contributed by atoms with Crippen molar-refractivity contribution < 1.29 is 4.79 Å². The summed E-state index contributed by atoms with van der Waals surface area (Å²) in [4.78, 5) is 15.3. The molecule has 82 valence electrons. The summed E-state index contributed by atoms with van der Waals surface area (Å²) in [6, 6.07) is 3.88. The van der Waals surface area contributed by atoms with Crippen LogP contribution in [0, 0.1) is 6.92 Å². The van der Waals surface area contributed by atoms with Gasteiger partial charge in [0.2, 0.25) is 5.91 Å². The van der Waals surface area contributed by atoms with E-state index in [9.17, 15) is 4.79 Å². The first kappa shape index (κ1) is 11.5. The molecule has 2 N–H and O–H groups in total. The van der Waals surface area contributed by atoms with Crippen LogP contribution in [-0.2, 0) is 4.79 Å². The lowest BCUT2D eigenvalue weighted by atomic mass is 10.3. The maximum Gasteiger partial charge on any atom is 0.221 e. The fraction of sp³-hybridized carbons (Fsp3) is 0.455. The fourth-order valence-electron chi connectivity index (χ4n) is 1.25.